The van der Waals surface area contributed by atoms with E-state index in [0.29, 0.717) is 5.57 Å². The molecule has 4 N–H and O–H groups in total. The molecular formula is C25H34O10. The zero-order valence-electron chi connectivity index (χ0n) is 20.6. The summed E-state index contributed by atoms with van der Waals surface area (Å²) >= 11 is 0. The highest BCUT2D eigenvalue weighted by Crippen LogP contribution is 2.73. The molecule has 0 aromatic carbocycles. The Balaban J connectivity index is 1.69. The average Bonchev–Trinajstić information content (AvgIpc) is 3.08. The van der Waals surface area contributed by atoms with Crippen LogP contribution in [-0.2, 0) is 28.6 Å². The van der Waals surface area contributed by atoms with Gasteiger partial charge in [0.15, 0.2) is 11.6 Å². The van der Waals surface area contributed by atoms with E-state index < -0.39 is 94.4 Å². The van der Waals surface area contributed by atoms with Gasteiger partial charge in [0.1, 0.15) is 18.3 Å². The van der Waals surface area contributed by atoms with Gasteiger partial charge in [0.05, 0.1) is 18.6 Å². The van der Waals surface area contributed by atoms with E-state index in [1.54, 1.807) is 20.8 Å². The number of hydrogen-bond donors (Lipinski definition) is 4. The van der Waals surface area contributed by atoms with E-state index >= 15 is 0 Å². The predicted octanol–water partition coefficient (Wildman–Crippen LogP) is -0.294. The van der Waals surface area contributed by atoms with Crippen LogP contribution in [0, 0.1) is 39.9 Å². The molecule has 2 bridgehead atoms. The number of esters is 2. The van der Waals surface area contributed by atoms with E-state index in [9.17, 15) is 34.8 Å². The van der Waals surface area contributed by atoms with Crippen LogP contribution >= 0.6 is 0 Å². The molecule has 194 valence electrons. The zero-order chi connectivity index (χ0) is 25.9. The van der Waals surface area contributed by atoms with Gasteiger partial charge in [-0.1, -0.05) is 19.4 Å². The highest BCUT2D eigenvalue weighted by Gasteiger charge is 2.83. The minimum atomic E-state index is -2.11. The number of fused-ring (bicyclic) bond motifs is 1. The van der Waals surface area contributed by atoms with Gasteiger partial charge >= 0.3 is 11.9 Å². The summed E-state index contributed by atoms with van der Waals surface area (Å²) in [6.45, 7) is 7.48. The fraction of sp³-hybridized carbons (Fsp3) is 0.800. The Morgan fingerprint density at radius 2 is 1.94 bits per heavy atom. The number of carbonyl (C=O) groups is 3. The van der Waals surface area contributed by atoms with Crippen molar-refractivity contribution in [2.24, 2.45) is 39.9 Å². The number of allylic oxidation sites excluding steroid dienone is 1. The van der Waals surface area contributed by atoms with Gasteiger partial charge in [-0.3, -0.25) is 9.59 Å². The van der Waals surface area contributed by atoms with Crippen LogP contribution in [0.3, 0.4) is 0 Å². The second-order valence-electron chi connectivity index (χ2n) is 12.1. The molecular weight excluding hydrogens is 460 g/mol. The van der Waals surface area contributed by atoms with Crippen LogP contribution < -0.4 is 0 Å². The third kappa shape index (κ3) is 2.80. The maximum Gasteiger partial charge on any atom is 0.348 e. The van der Waals surface area contributed by atoms with Crippen molar-refractivity contribution in [3.8, 4) is 0 Å². The zero-order valence-corrected chi connectivity index (χ0v) is 20.6. The van der Waals surface area contributed by atoms with Gasteiger partial charge in [-0.05, 0) is 45.1 Å². The molecule has 0 unspecified atom stereocenters. The summed E-state index contributed by atoms with van der Waals surface area (Å²) < 4.78 is 17.5. The predicted molar refractivity (Wildman–Crippen MR) is 117 cm³/mol. The molecule has 1 spiro atoms. The van der Waals surface area contributed by atoms with Crippen molar-refractivity contribution in [3.63, 3.8) is 0 Å². The molecule has 5 aliphatic rings. The van der Waals surface area contributed by atoms with Gasteiger partial charge in [-0.15, -0.1) is 0 Å². The van der Waals surface area contributed by atoms with Gasteiger partial charge in [0.25, 0.3) is 0 Å². The minimum Gasteiger partial charge on any atom is -0.459 e. The monoisotopic (exact) mass is 494 g/mol. The van der Waals surface area contributed by atoms with Gasteiger partial charge in [0, 0.05) is 22.7 Å². The fourth-order valence-corrected chi connectivity index (χ4v) is 8.07. The number of aliphatic hydroxyl groups is 4. The maximum atomic E-state index is 13.3. The molecule has 0 amide bonds. The Morgan fingerprint density at radius 3 is 2.57 bits per heavy atom. The van der Waals surface area contributed by atoms with Crippen LogP contribution in [0.5, 0.6) is 0 Å². The number of aliphatic hydroxyl groups excluding tert-OH is 3. The summed E-state index contributed by atoms with van der Waals surface area (Å²) in [5.74, 6) is -7.16. The van der Waals surface area contributed by atoms with E-state index in [2.05, 4.69) is 0 Å². The average molecular weight is 495 g/mol. The third-order valence-corrected chi connectivity index (χ3v) is 9.81. The summed E-state index contributed by atoms with van der Waals surface area (Å²) in [6.07, 6.45) is -3.47. The normalized spacial score (nSPS) is 50.6. The van der Waals surface area contributed by atoms with E-state index in [-0.39, 0.29) is 13.0 Å². The van der Waals surface area contributed by atoms with Gasteiger partial charge in [-0.25, -0.2) is 4.79 Å². The smallest absolute Gasteiger partial charge is 0.348 e. The lowest BCUT2D eigenvalue weighted by Crippen LogP contribution is -2.78. The topological polar surface area (TPSA) is 160 Å². The quantitative estimate of drug-likeness (QED) is 0.384. The van der Waals surface area contributed by atoms with Crippen LogP contribution in [0.4, 0.5) is 0 Å². The van der Waals surface area contributed by atoms with E-state index in [0.717, 1.165) is 0 Å². The Hall–Kier alpha value is -1.85. The molecule has 3 aliphatic carbocycles. The Labute approximate surface area is 203 Å². The highest BCUT2D eigenvalue weighted by atomic mass is 16.7. The lowest BCUT2D eigenvalue weighted by molar-refractivity contribution is -0.340. The summed E-state index contributed by atoms with van der Waals surface area (Å²) in [5, 5.41) is 44.0. The Bertz CT molecular complexity index is 1020. The molecule has 11 atom stereocenters. The first kappa shape index (κ1) is 24.8. The second kappa shape index (κ2) is 7.35. The second-order valence-corrected chi connectivity index (χ2v) is 12.1. The molecule has 2 heterocycles. The van der Waals surface area contributed by atoms with Gasteiger partial charge in [-0.2, -0.15) is 0 Å². The van der Waals surface area contributed by atoms with Gasteiger partial charge < -0.3 is 34.6 Å². The maximum absolute atomic E-state index is 13.3. The van der Waals surface area contributed by atoms with Crippen molar-refractivity contribution >= 4 is 17.7 Å². The molecule has 4 fully saturated rings. The molecule has 2 saturated carbocycles. The van der Waals surface area contributed by atoms with Crippen LogP contribution in [0.15, 0.2) is 11.6 Å². The first-order valence-electron chi connectivity index (χ1n) is 12.1. The van der Waals surface area contributed by atoms with Crippen molar-refractivity contribution in [1.82, 2.24) is 0 Å². The van der Waals surface area contributed by atoms with Crippen LogP contribution in [0.25, 0.3) is 0 Å². The standard InChI is InChI=1S/C25H34O10/c1-10-6-13(27)18(29)23(5)12(10)7-14-24-9-33-25(32,20(23)24)17(28)11(2)15(24)16(19(30)34-14)35-21(31)22(3,4)8-26/h6,11-12,14-18,20,26,28-29,32H,7-9H2,1-5H3/t11-,12-,14-,15+,16+,17-,18+,20+,23-,24+,25+/m1/s1. The SMILES string of the molecule is CC1=CC(=O)[C@H](O)[C@@]2(C)[C@@H]1C[C@H]1OC(=O)[C@@H](OC(=O)C(C)(C)CO)[C@@H]3[C@@H](C)[C@@H](O)[C@]4(O)OC[C@@]31[C@@H]42. The number of carbonyl (C=O) groups excluding carboxylic acids is 3. The molecule has 2 saturated heterocycles. The largest absolute Gasteiger partial charge is 0.459 e. The lowest BCUT2D eigenvalue weighted by Gasteiger charge is -2.68. The van der Waals surface area contributed by atoms with Crippen LogP contribution in [0.2, 0.25) is 0 Å². The van der Waals surface area contributed by atoms with Crippen LogP contribution in [-0.4, -0.2) is 81.6 Å². The first-order chi connectivity index (χ1) is 16.2. The van der Waals surface area contributed by atoms with Crippen molar-refractivity contribution in [3.05, 3.63) is 11.6 Å². The van der Waals surface area contributed by atoms with Crippen molar-refractivity contribution in [1.29, 1.82) is 0 Å². The van der Waals surface area contributed by atoms with E-state index in [4.69, 9.17) is 14.2 Å². The molecule has 2 aliphatic heterocycles. The van der Waals surface area contributed by atoms with E-state index in [1.165, 1.54) is 19.9 Å². The molecule has 35 heavy (non-hydrogen) atoms. The Kier molecular flexibility index (Phi) is 5.21. The molecule has 10 heteroatoms. The highest BCUT2D eigenvalue weighted by molar-refractivity contribution is 5.96. The fourth-order valence-electron chi connectivity index (χ4n) is 8.07. The van der Waals surface area contributed by atoms with E-state index in [1.807, 2.05) is 0 Å². The molecule has 10 nitrogen and oxygen atoms in total. The van der Waals surface area contributed by atoms with Crippen LogP contribution in [0.1, 0.15) is 41.0 Å². The molecule has 5 rings (SSSR count). The van der Waals surface area contributed by atoms with Gasteiger partial charge in [0.2, 0.25) is 6.10 Å². The molecule has 0 radical (unpaired) electrons. The Morgan fingerprint density at radius 1 is 1.29 bits per heavy atom. The van der Waals surface area contributed by atoms with Crippen molar-refractivity contribution < 1.29 is 49.0 Å². The lowest BCUT2D eigenvalue weighted by atomic mass is 9.38. The summed E-state index contributed by atoms with van der Waals surface area (Å²) in [5.41, 5.74) is -2.95. The third-order valence-electron chi connectivity index (χ3n) is 9.81. The van der Waals surface area contributed by atoms with Crippen molar-refractivity contribution in [2.75, 3.05) is 13.2 Å². The van der Waals surface area contributed by atoms with Crippen molar-refractivity contribution in [2.45, 2.75) is 71.2 Å². The summed E-state index contributed by atoms with van der Waals surface area (Å²) in [4.78, 5) is 38.9. The molecule has 0 aromatic rings. The minimum absolute atomic E-state index is 0.110. The number of hydrogen-bond acceptors (Lipinski definition) is 10. The summed E-state index contributed by atoms with van der Waals surface area (Å²) in [7, 11) is 0. The number of ether oxygens (including phenoxy) is 3. The number of rotatable bonds is 3. The molecule has 0 aromatic heterocycles. The first-order valence-corrected chi connectivity index (χ1v) is 12.1. The summed E-state index contributed by atoms with van der Waals surface area (Å²) in [6, 6.07) is 0. The number of ketones is 1.